The lowest BCUT2D eigenvalue weighted by molar-refractivity contribution is 0.231. The average Bonchev–Trinajstić information content (AvgIpc) is 2.31. The number of rotatable bonds is 4. The maximum Gasteiger partial charge on any atom is 0.326 e. The van der Waals surface area contributed by atoms with Crippen molar-refractivity contribution in [1.29, 1.82) is 0 Å². The molecule has 0 N–H and O–H groups in total. The molecule has 0 radical (unpaired) electrons. The molecule has 0 saturated heterocycles. The second-order valence-corrected chi connectivity index (χ2v) is 5.46. The molecule has 2 aromatic rings. The molecule has 20 heavy (non-hydrogen) atoms. The van der Waals surface area contributed by atoms with E-state index in [4.69, 9.17) is 21.1 Å². The van der Waals surface area contributed by atoms with Crippen LogP contribution in [0.1, 0.15) is 19.7 Å². The van der Waals surface area contributed by atoms with Crippen molar-refractivity contribution >= 4 is 27.5 Å². The molecule has 1 aromatic carbocycles. The smallest absolute Gasteiger partial charge is 0.326 e. The van der Waals surface area contributed by atoms with Crippen molar-refractivity contribution in [3.05, 3.63) is 33.8 Å². The molecule has 0 aliphatic rings. The first kappa shape index (κ1) is 15.0. The monoisotopic (exact) mass is 357 g/mol. The van der Waals surface area contributed by atoms with Gasteiger partial charge in [-0.2, -0.15) is 9.97 Å². The van der Waals surface area contributed by atoms with E-state index >= 15 is 0 Å². The number of hydrogen-bond donors (Lipinski definition) is 0. The van der Waals surface area contributed by atoms with Crippen LogP contribution < -0.4 is 9.47 Å². The van der Waals surface area contributed by atoms with E-state index in [0.29, 0.717) is 17.3 Å². The lowest BCUT2D eigenvalue weighted by Crippen LogP contribution is -2.07. The molecule has 0 saturated carbocycles. The summed E-state index contributed by atoms with van der Waals surface area (Å²) in [5.74, 6) is 1.59. The molecule has 1 aromatic heterocycles. The molecule has 7 heteroatoms. The van der Waals surface area contributed by atoms with Crippen molar-refractivity contribution in [3.63, 3.8) is 0 Å². The van der Waals surface area contributed by atoms with Gasteiger partial charge in [-0.1, -0.05) is 6.07 Å². The molecular weight excluding hydrogens is 346 g/mol. The van der Waals surface area contributed by atoms with Gasteiger partial charge in [0.25, 0.3) is 0 Å². The fourth-order valence-electron chi connectivity index (χ4n) is 1.50. The van der Waals surface area contributed by atoms with Gasteiger partial charge in [0, 0.05) is 0 Å². The maximum absolute atomic E-state index is 5.80. The number of aromatic nitrogens is 3. The summed E-state index contributed by atoms with van der Waals surface area (Å²) in [5.41, 5.74) is 0. The summed E-state index contributed by atoms with van der Waals surface area (Å²) >= 11 is 9.22. The second kappa shape index (κ2) is 6.37. The highest BCUT2D eigenvalue weighted by Crippen LogP contribution is 2.38. The predicted octanol–water partition coefficient (Wildman–Crippen LogP) is 4.18. The average molecular weight is 359 g/mol. The van der Waals surface area contributed by atoms with Gasteiger partial charge in [0.2, 0.25) is 5.28 Å². The fraction of sp³-hybridized carbons (Fsp3) is 0.308. The number of benzene rings is 1. The predicted molar refractivity (Wildman–Crippen MR) is 79.6 cm³/mol. The minimum Gasteiger partial charge on any atom is -0.487 e. The zero-order valence-electron chi connectivity index (χ0n) is 11.2. The second-order valence-electron chi connectivity index (χ2n) is 4.27. The topological polar surface area (TPSA) is 57.1 Å². The number of aryl methyl sites for hydroxylation is 1. The summed E-state index contributed by atoms with van der Waals surface area (Å²) in [4.78, 5) is 11.9. The van der Waals surface area contributed by atoms with Crippen molar-refractivity contribution in [2.75, 3.05) is 0 Å². The Hall–Kier alpha value is -1.40. The van der Waals surface area contributed by atoms with Crippen molar-refractivity contribution in [2.45, 2.75) is 26.9 Å². The number of hydrogen-bond acceptors (Lipinski definition) is 5. The Kier molecular flexibility index (Phi) is 4.77. The van der Waals surface area contributed by atoms with E-state index in [0.717, 1.165) is 4.47 Å². The van der Waals surface area contributed by atoms with Crippen LogP contribution in [0.2, 0.25) is 5.28 Å². The quantitative estimate of drug-likeness (QED) is 0.821. The normalized spacial score (nSPS) is 10.7. The van der Waals surface area contributed by atoms with Gasteiger partial charge in [0.05, 0.1) is 10.6 Å². The SMILES string of the molecule is Cc1nc(Cl)nc(Oc2c(Br)cccc2OC(C)C)n1. The van der Waals surface area contributed by atoms with E-state index in [1.54, 1.807) is 6.92 Å². The molecule has 0 unspecified atom stereocenters. The first-order valence-corrected chi connectivity index (χ1v) is 7.14. The van der Waals surface area contributed by atoms with E-state index in [9.17, 15) is 0 Å². The minimum absolute atomic E-state index is 0.0235. The minimum atomic E-state index is 0.0235. The Bertz CT molecular complexity index is 602. The molecule has 106 valence electrons. The fourth-order valence-corrected chi connectivity index (χ4v) is 2.12. The van der Waals surface area contributed by atoms with Crippen molar-refractivity contribution in [3.8, 4) is 17.5 Å². The first-order valence-electron chi connectivity index (χ1n) is 5.97. The highest BCUT2D eigenvalue weighted by Gasteiger charge is 2.14. The lowest BCUT2D eigenvalue weighted by Gasteiger charge is -2.15. The van der Waals surface area contributed by atoms with Gasteiger partial charge in [0.15, 0.2) is 11.5 Å². The van der Waals surface area contributed by atoms with Crippen molar-refractivity contribution in [1.82, 2.24) is 15.0 Å². The molecule has 0 amide bonds. The molecule has 1 heterocycles. The molecule has 0 atom stereocenters. The van der Waals surface area contributed by atoms with Gasteiger partial charge in [-0.05, 0) is 60.4 Å². The lowest BCUT2D eigenvalue weighted by atomic mass is 10.3. The van der Waals surface area contributed by atoms with E-state index in [2.05, 4.69) is 30.9 Å². The molecule has 0 fully saturated rings. The summed E-state index contributed by atoms with van der Waals surface area (Å²) in [6.45, 7) is 5.59. The van der Waals surface area contributed by atoms with Crippen LogP contribution in [0, 0.1) is 6.92 Å². The Labute approximate surface area is 130 Å². The van der Waals surface area contributed by atoms with Crippen LogP contribution in [0.15, 0.2) is 22.7 Å². The number of para-hydroxylation sites is 1. The van der Waals surface area contributed by atoms with Gasteiger partial charge in [0.1, 0.15) is 5.82 Å². The van der Waals surface area contributed by atoms with Crippen LogP contribution in [-0.2, 0) is 0 Å². The summed E-state index contributed by atoms with van der Waals surface area (Å²) in [6.07, 6.45) is 0.0235. The third-order valence-corrected chi connectivity index (χ3v) is 2.98. The van der Waals surface area contributed by atoms with Gasteiger partial charge in [-0.3, -0.25) is 0 Å². The number of ether oxygens (including phenoxy) is 2. The van der Waals surface area contributed by atoms with Crippen LogP contribution in [0.4, 0.5) is 0 Å². The number of nitrogens with zero attached hydrogens (tertiary/aromatic N) is 3. The molecule has 2 rings (SSSR count). The largest absolute Gasteiger partial charge is 0.487 e. The standard InChI is InChI=1S/C13H13BrClN3O2/c1-7(2)19-10-6-4-5-9(14)11(10)20-13-17-8(3)16-12(15)18-13/h4-7H,1-3H3. The Morgan fingerprint density at radius 3 is 2.60 bits per heavy atom. The van der Waals surface area contributed by atoms with Crippen LogP contribution >= 0.6 is 27.5 Å². The molecule has 0 spiro atoms. The van der Waals surface area contributed by atoms with Crippen LogP contribution in [0.3, 0.4) is 0 Å². The zero-order chi connectivity index (χ0) is 14.7. The van der Waals surface area contributed by atoms with Crippen LogP contribution in [0.5, 0.6) is 17.5 Å². The van der Waals surface area contributed by atoms with Gasteiger partial charge in [-0.15, -0.1) is 0 Å². The van der Waals surface area contributed by atoms with Crippen molar-refractivity contribution < 1.29 is 9.47 Å². The molecular formula is C13H13BrClN3O2. The molecule has 0 bridgehead atoms. The van der Waals surface area contributed by atoms with Crippen molar-refractivity contribution in [2.24, 2.45) is 0 Å². The third-order valence-electron chi connectivity index (χ3n) is 2.19. The Morgan fingerprint density at radius 2 is 1.95 bits per heavy atom. The number of halogens is 2. The summed E-state index contributed by atoms with van der Waals surface area (Å²) in [5, 5.41) is 0.0888. The summed E-state index contributed by atoms with van der Waals surface area (Å²) < 4.78 is 12.1. The summed E-state index contributed by atoms with van der Waals surface area (Å²) in [7, 11) is 0. The highest BCUT2D eigenvalue weighted by atomic mass is 79.9. The van der Waals surface area contributed by atoms with E-state index in [1.807, 2.05) is 32.0 Å². The summed E-state index contributed by atoms with van der Waals surface area (Å²) in [6, 6.07) is 5.65. The molecule has 0 aliphatic carbocycles. The van der Waals surface area contributed by atoms with Gasteiger partial charge in [-0.25, -0.2) is 4.98 Å². The maximum atomic E-state index is 5.80. The highest BCUT2D eigenvalue weighted by molar-refractivity contribution is 9.10. The van der Waals surface area contributed by atoms with Gasteiger partial charge >= 0.3 is 6.01 Å². The van der Waals surface area contributed by atoms with E-state index in [-0.39, 0.29) is 17.4 Å². The van der Waals surface area contributed by atoms with E-state index in [1.165, 1.54) is 0 Å². The zero-order valence-corrected chi connectivity index (χ0v) is 13.6. The van der Waals surface area contributed by atoms with Crippen LogP contribution in [-0.4, -0.2) is 21.1 Å². The third kappa shape index (κ3) is 3.80. The van der Waals surface area contributed by atoms with Crippen LogP contribution in [0.25, 0.3) is 0 Å². The molecule has 0 aliphatic heterocycles. The Morgan fingerprint density at radius 1 is 1.20 bits per heavy atom. The van der Waals surface area contributed by atoms with E-state index < -0.39 is 0 Å². The Balaban J connectivity index is 2.36. The molecule has 5 nitrogen and oxygen atoms in total. The first-order chi connectivity index (χ1) is 9.45. The van der Waals surface area contributed by atoms with Gasteiger partial charge < -0.3 is 9.47 Å².